The van der Waals surface area contributed by atoms with Crippen molar-refractivity contribution >= 4 is 5.91 Å². The van der Waals surface area contributed by atoms with Gasteiger partial charge >= 0.3 is 0 Å². The molecule has 2 rings (SSSR count). The third kappa shape index (κ3) is 3.08. The maximum Gasteiger partial charge on any atom is 0.222 e. The first-order valence-electron chi connectivity index (χ1n) is 5.85. The quantitative estimate of drug-likeness (QED) is 0.771. The van der Waals surface area contributed by atoms with Gasteiger partial charge in [0.1, 0.15) is 0 Å². The minimum atomic E-state index is 0.253. The molecular formula is C14H16N2O. The molecule has 1 aliphatic heterocycles. The van der Waals surface area contributed by atoms with Crippen molar-refractivity contribution in [3.63, 3.8) is 0 Å². The maximum absolute atomic E-state index is 11.5. The number of nitrogens with zero attached hydrogens (tertiary/aromatic N) is 1. The molecule has 1 saturated heterocycles. The minimum absolute atomic E-state index is 0.253. The maximum atomic E-state index is 11.5. The zero-order valence-corrected chi connectivity index (χ0v) is 9.78. The van der Waals surface area contributed by atoms with Gasteiger partial charge in [-0.1, -0.05) is 24.0 Å². The summed E-state index contributed by atoms with van der Waals surface area (Å²) in [6.45, 7) is 1.93. The van der Waals surface area contributed by atoms with Crippen LogP contribution in [0.4, 0.5) is 0 Å². The van der Waals surface area contributed by atoms with Crippen LogP contribution in [-0.4, -0.2) is 23.9 Å². The molecule has 1 amide bonds. The summed E-state index contributed by atoms with van der Waals surface area (Å²) >= 11 is 0. The third-order valence-corrected chi connectivity index (χ3v) is 2.81. The molecule has 17 heavy (non-hydrogen) atoms. The predicted octanol–water partition coefficient (Wildman–Crippen LogP) is 1.12. The van der Waals surface area contributed by atoms with Crippen molar-refractivity contribution in [2.75, 3.05) is 13.1 Å². The normalized spacial score (nSPS) is 14.6. The van der Waals surface area contributed by atoms with Gasteiger partial charge in [-0.25, -0.2) is 0 Å². The highest BCUT2D eigenvalue weighted by molar-refractivity contribution is 5.78. The van der Waals surface area contributed by atoms with Gasteiger partial charge < -0.3 is 10.6 Å². The zero-order chi connectivity index (χ0) is 12.1. The van der Waals surface area contributed by atoms with E-state index in [-0.39, 0.29) is 5.91 Å². The van der Waals surface area contributed by atoms with E-state index in [1.165, 1.54) is 0 Å². The SMILES string of the molecule is NCC#Cc1cccc(CN2CCCC2=O)c1. The number of nitrogens with two attached hydrogens (primary N) is 1. The van der Waals surface area contributed by atoms with Crippen LogP contribution in [0.25, 0.3) is 0 Å². The number of rotatable bonds is 2. The summed E-state index contributed by atoms with van der Waals surface area (Å²) in [7, 11) is 0. The average molecular weight is 228 g/mol. The van der Waals surface area contributed by atoms with E-state index in [0.29, 0.717) is 19.5 Å². The third-order valence-electron chi connectivity index (χ3n) is 2.81. The smallest absolute Gasteiger partial charge is 0.222 e. The van der Waals surface area contributed by atoms with E-state index in [2.05, 4.69) is 11.8 Å². The summed E-state index contributed by atoms with van der Waals surface area (Å²) in [6.07, 6.45) is 1.66. The Morgan fingerprint density at radius 2 is 2.29 bits per heavy atom. The molecule has 88 valence electrons. The van der Waals surface area contributed by atoms with Gasteiger partial charge in [0.2, 0.25) is 5.91 Å². The molecule has 0 radical (unpaired) electrons. The van der Waals surface area contributed by atoms with E-state index in [1.807, 2.05) is 29.2 Å². The second-order valence-corrected chi connectivity index (χ2v) is 4.13. The van der Waals surface area contributed by atoms with E-state index >= 15 is 0 Å². The summed E-state index contributed by atoms with van der Waals surface area (Å²) < 4.78 is 0. The molecule has 1 fully saturated rings. The Bertz CT molecular complexity index is 471. The van der Waals surface area contributed by atoms with Crippen molar-refractivity contribution in [1.82, 2.24) is 4.90 Å². The molecule has 1 aromatic carbocycles. The van der Waals surface area contributed by atoms with Crippen LogP contribution >= 0.6 is 0 Å². The lowest BCUT2D eigenvalue weighted by Gasteiger charge is -2.15. The summed E-state index contributed by atoms with van der Waals surface area (Å²) in [6, 6.07) is 7.97. The molecule has 0 bridgehead atoms. The van der Waals surface area contributed by atoms with Crippen LogP contribution in [0, 0.1) is 11.8 Å². The molecule has 1 heterocycles. The molecule has 0 spiro atoms. The Hall–Kier alpha value is -1.79. The monoisotopic (exact) mass is 228 g/mol. The predicted molar refractivity (Wildman–Crippen MR) is 67.0 cm³/mol. The standard InChI is InChI=1S/C14H16N2O/c15-8-2-6-12-4-1-5-13(10-12)11-16-9-3-7-14(16)17/h1,4-5,10H,3,7-9,11,15H2. The van der Waals surface area contributed by atoms with Crippen molar-refractivity contribution in [3.05, 3.63) is 35.4 Å². The lowest BCUT2D eigenvalue weighted by Crippen LogP contribution is -2.23. The fourth-order valence-electron chi connectivity index (χ4n) is 1.99. The molecule has 0 aromatic heterocycles. The van der Waals surface area contributed by atoms with Gasteiger partial charge in [-0.2, -0.15) is 0 Å². The molecule has 3 nitrogen and oxygen atoms in total. The lowest BCUT2D eigenvalue weighted by atomic mass is 10.1. The van der Waals surface area contributed by atoms with Crippen LogP contribution in [0.2, 0.25) is 0 Å². The average Bonchev–Trinajstić information content (AvgIpc) is 2.73. The Morgan fingerprint density at radius 3 is 3.00 bits per heavy atom. The molecule has 0 unspecified atom stereocenters. The van der Waals surface area contributed by atoms with E-state index in [1.54, 1.807) is 0 Å². The van der Waals surface area contributed by atoms with Gasteiger partial charge in [0.15, 0.2) is 0 Å². The molecule has 2 N–H and O–H groups in total. The van der Waals surface area contributed by atoms with Gasteiger partial charge in [0.05, 0.1) is 6.54 Å². The van der Waals surface area contributed by atoms with Crippen molar-refractivity contribution < 1.29 is 4.79 Å². The van der Waals surface area contributed by atoms with Crippen LogP contribution in [0.5, 0.6) is 0 Å². The van der Waals surface area contributed by atoms with Crippen LogP contribution < -0.4 is 5.73 Å². The van der Waals surface area contributed by atoms with Gasteiger partial charge in [0.25, 0.3) is 0 Å². The summed E-state index contributed by atoms with van der Waals surface area (Å²) in [5.74, 6) is 6.09. The molecule has 3 heteroatoms. The van der Waals surface area contributed by atoms with Crippen LogP contribution in [0.3, 0.4) is 0 Å². The highest BCUT2D eigenvalue weighted by Crippen LogP contribution is 2.14. The largest absolute Gasteiger partial charge is 0.338 e. The van der Waals surface area contributed by atoms with Crippen LogP contribution in [0.15, 0.2) is 24.3 Å². The van der Waals surface area contributed by atoms with E-state index in [9.17, 15) is 4.79 Å². The minimum Gasteiger partial charge on any atom is -0.338 e. The Balaban J connectivity index is 2.08. The van der Waals surface area contributed by atoms with E-state index in [0.717, 1.165) is 24.1 Å². The van der Waals surface area contributed by atoms with Gasteiger partial charge in [-0.3, -0.25) is 4.79 Å². The van der Waals surface area contributed by atoms with Crippen molar-refractivity contribution in [3.8, 4) is 11.8 Å². The fraction of sp³-hybridized carbons (Fsp3) is 0.357. The highest BCUT2D eigenvalue weighted by atomic mass is 16.2. The molecule has 0 atom stereocenters. The second-order valence-electron chi connectivity index (χ2n) is 4.13. The van der Waals surface area contributed by atoms with Gasteiger partial charge in [0, 0.05) is 25.1 Å². The molecule has 0 aliphatic carbocycles. The first-order valence-corrected chi connectivity index (χ1v) is 5.85. The lowest BCUT2D eigenvalue weighted by molar-refractivity contribution is -0.128. The number of benzene rings is 1. The Morgan fingerprint density at radius 1 is 1.41 bits per heavy atom. The van der Waals surface area contributed by atoms with Crippen LogP contribution in [0.1, 0.15) is 24.0 Å². The number of hydrogen-bond donors (Lipinski definition) is 1. The van der Waals surface area contributed by atoms with Gasteiger partial charge in [-0.05, 0) is 24.1 Å². The van der Waals surface area contributed by atoms with Gasteiger partial charge in [-0.15, -0.1) is 0 Å². The van der Waals surface area contributed by atoms with E-state index in [4.69, 9.17) is 5.73 Å². The molecule has 1 aromatic rings. The second kappa shape index (κ2) is 5.51. The summed E-state index contributed by atoms with van der Waals surface area (Å²) in [5, 5.41) is 0. The number of carbonyl (C=O) groups is 1. The summed E-state index contributed by atoms with van der Waals surface area (Å²) in [4.78, 5) is 13.4. The molecule has 0 saturated carbocycles. The molecular weight excluding hydrogens is 212 g/mol. The van der Waals surface area contributed by atoms with Crippen molar-refractivity contribution in [2.24, 2.45) is 5.73 Å². The fourth-order valence-corrected chi connectivity index (χ4v) is 1.99. The number of likely N-dealkylation sites (tertiary alicyclic amines) is 1. The van der Waals surface area contributed by atoms with Crippen molar-refractivity contribution in [1.29, 1.82) is 0 Å². The topological polar surface area (TPSA) is 46.3 Å². The number of carbonyl (C=O) groups excluding carboxylic acids is 1. The van der Waals surface area contributed by atoms with E-state index < -0.39 is 0 Å². The highest BCUT2D eigenvalue weighted by Gasteiger charge is 2.19. The Labute approximate surface area is 102 Å². The molecule has 1 aliphatic rings. The number of amides is 1. The number of hydrogen-bond acceptors (Lipinski definition) is 2. The first kappa shape index (κ1) is 11.7. The zero-order valence-electron chi connectivity index (χ0n) is 9.78. The Kier molecular flexibility index (Phi) is 3.79. The van der Waals surface area contributed by atoms with Crippen LogP contribution in [-0.2, 0) is 11.3 Å². The first-order chi connectivity index (χ1) is 8.29. The summed E-state index contributed by atoms with van der Waals surface area (Å²) in [5.41, 5.74) is 7.42. The van der Waals surface area contributed by atoms with Crippen molar-refractivity contribution in [2.45, 2.75) is 19.4 Å².